The summed E-state index contributed by atoms with van der Waals surface area (Å²) in [5.74, 6) is 0. The van der Waals surface area contributed by atoms with Crippen LogP contribution < -0.4 is 15.3 Å². The van der Waals surface area contributed by atoms with Crippen LogP contribution in [0.5, 0.6) is 0 Å². The summed E-state index contributed by atoms with van der Waals surface area (Å²) in [6, 6.07) is 49.6. The first-order valence-corrected chi connectivity index (χ1v) is 16.4. The third-order valence-corrected chi connectivity index (χ3v) is 11.4. The lowest BCUT2D eigenvalue weighted by Crippen LogP contribution is -2.58. The number of fused-ring (bicyclic) bond motifs is 2. The molecule has 2 heterocycles. The van der Waals surface area contributed by atoms with Crippen LogP contribution in [0.3, 0.4) is 0 Å². The van der Waals surface area contributed by atoms with Gasteiger partial charge >= 0.3 is 0 Å². The summed E-state index contributed by atoms with van der Waals surface area (Å²) >= 11 is 0. The van der Waals surface area contributed by atoms with E-state index in [1.165, 1.54) is 21.7 Å². The van der Waals surface area contributed by atoms with Crippen LogP contribution in [0.2, 0.25) is 13.1 Å². The summed E-state index contributed by atoms with van der Waals surface area (Å²) in [5, 5.41) is 8.25. The van der Waals surface area contributed by atoms with E-state index in [1.54, 1.807) is 0 Å². The largest absolute Gasteiger partial charge is 0.307 e. The number of para-hydroxylation sites is 3. The molecule has 0 saturated carbocycles. The van der Waals surface area contributed by atoms with Crippen molar-refractivity contribution in [2.45, 2.75) is 13.1 Å². The minimum Gasteiger partial charge on any atom is -0.307 e. The van der Waals surface area contributed by atoms with Gasteiger partial charge in [-0.15, -0.1) is 0 Å². The highest BCUT2D eigenvalue weighted by atomic mass is 28.3. The van der Waals surface area contributed by atoms with E-state index in [9.17, 15) is 0 Å². The van der Waals surface area contributed by atoms with Gasteiger partial charge in [0, 0.05) is 22.5 Å². The molecule has 1 aliphatic heterocycles. The fraction of sp³-hybridized carbons (Fsp3) is 0.0571. The summed E-state index contributed by atoms with van der Waals surface area (Å²) in [5.41, 5.74) is 8.88. The van der Waals surface area contributed by atoms with Gasteiger partial charge in [-0.05, 0) is 34.6 Å². The van der Waals surface area contributed by atoms with Crippen LogP contribution in [0, 0.1) is 0 Å². The Labute approximate surface area is 230 Å². The molecular formula is C35H29N3Si. The molecule has 6 aromatic rings. The van der Waals surface area contributed by atoms with E-state index in [0.29, 0.717) is 0 Å². The third kappa shape index (κ3) is 3.76. The van der Waals surface area contributed by atoms with Crippen molar-refractivity contribution in [1.82, 2.24) is 9.78 Å². The summed E-state index contributed by atoms with van der Waals surface area (Å²) in [4.78, 5) is 2.47. The van der Waals surface area contributed by atoms with E-state index >= 15 is 0 Å². The first-order chi connectivity index (χ1) is 19.1. The Balaban J connectivity index is 1.64. The third-order valence-electron chi connectivity index (χ3n) is 7.82. The summed E-state index contributed by atoms with van der Waals surface area (Å²) < 4.78 is 2.12. The lowest BCUT2D eigenvalue weighted by Gasteiger charge is -2.41. The Morgan fingerprint density at radius 2 is 0.974 bits per heavy atom. The van der Waals surface area contributed by atoms with Crippen molar-refractivity contribution in [3.63, 3.8) is 0 Å². The van der Waals surface area contributed by atoms with Crippen LogP contribution in [0.15, 0.2) is 140 Å². The average molecular weight is 520 g/mol. The fourth-order valence-corrected chi connectivity index (χ4v) is 8.92. The molecule has 4 heteroatoms. The fourth-order valence-electron chi connectivity index (χ4n) is 5.93. The number of hydrogen-bond acceptors (Lipinski definition) is 2. The van der Waals surface area contributed by atoms with E-state index < -0.39 is 8.07 Å². The Hall–Kier alpha value is -4.67. The number of rotatable bonds is 4. The lowest BCUT2D eigenvalue weighted by molar-refractivity contribution is 0.892. The van der Waals surface area contributed by atoms with Gasteiger partial charge in [-0.2, -0.15) is 5.10 Å². The van der Waals surface area contributed by atoms with Gasteiger partial charge in [0.1, 0.15) is 19.5 Å². The molecule has 0 amide bonds. The normalized spacial score (nSPS) is 13.5. The van der Waals surface area contributed by atoms with Crippen LogP contribution in [0.25, 0.3) is 28.2 Å². The molecule has 0 bridgehead atoms. The topological polar surface area (TPSA) is 21.1 Å². The van der Waals surface area contributed by atoms with Crippen molar-refractivity contribution in [3.8, 4) is 28.2 Å². The van der Waals surface area contributed by atoms with Crippen LogP contribution in [0.4, 0.5) is 17.1 Å². The molecule has 0 radical (unpaired) electrons. The lowest BCUT2D eigenvalue weighted by atomic mass is 10.0. The zero-order valence-corrected chi connectivity index (χ0v) is 23.1. The number of anilines is 3. The smallest absolute Gasteiger partial charge is 0.117 e. The Morgan fingerprint density at radius 3 is 1.54 bits per heavy atom. The molecule has 3 nitrogen and oxygen atoms in total. The van der Waals surface area contributed by atoms with Gasteiger partial charge in [0.2, 0.25) is 0 Å². The highest BCUT2D eigenvalue weighted by Gasteiger charge is 2.40. The molecule has 188 valence electrons. The molecule has 0 aliphatic carbocycles. The molecule has 1 aliphatic rings. The average Bonchev–Trinajstić information content (AvgIpc) is 3.39. The SMILES string of the molecule is C[Si]1(C)c2ccccc2N(c2c(-c3ccccc3)nn(-c3ccccc3)c2-c2ccccc2)c2ccccc21. The van der Waals surface area contributed by atoms with E-state index in [4.69, 9.17) is 5.10 Å². The molecule has 39 heavy (non-hydrogen) atoms. The second-order valence-electron chi connectivity index (χ2n) is 10.5. The van der Waals surface area contributed by atoms with Crippen molar-refractivity contribution in [2.75, 3.05) is 4.90 Å². The zero-order chi connectivity index (χ0) is 26.4. The molecule has 0 spiro atoms. The quantitative estimate of drug-likeness (QED) is 0.222. The van der Waals surface area contributed by atoms with Crippen molar-refractivity contribution in [3.05, 3.63) is 140 Å². The van der Waals surface area contributed by atoms with Crippen LogP contribution >= 0.6 is 0 Å². The predicted octanol–water partition coefficient (Wildman–Crippen LogP) is 7.81. The first-order valence-electron chi connectivity index (χ1n) is 13.4. The van der Waals surface area contributed by atoms with Gasteiger partial charge in [0.25, 0.3) is 0 Å². The molecule has 7 rings (SSSR count). The Morgan fingerprint density at radius 1 is 0.513 bits per heavy atom. The van der Waals surface area contributed by atoms with Crippen molar-refractivity contribution >= 4 is 35.5 Å². The molecule has 0 N–H and O–H groups in total. The van der Waals surface area contributed by atoms with Gasteiger partial charge in [-0.3, -0.25) is 0 Å². The first kappa shape index (κ1) is 23.4. The van der Waals surface area contributed by atoms with Crippen LogP contribution in [-0.2, 0) is 0 Å². The second kappa shape index (κ2) is 9.26. The summed E-state index contributed by atoms with van der Waals surface area (Å²) in [7, 11) is -1.93. The van der Waals surface area contributed by atoms with E-state index in [2.05, 4.69) is 162 Å². The van der Waals surface area contributed by atoms with E-state index in [1.807, 2.05) is 0 Å². The van der Waals surface area contributed by atoms with Crippen molar-refractivity contribution < 1.29 is 0 Å². The maximum absolute atomic E-state index is 5.37. The maximum Gasteiger partial charge on any atom is 0.117 e. The summed E-state index contributed by atoms with van der Waals surface area (Å²) in [6.07, 6.45) is 0. The van der Waals surface area contributed by atoms with Crippen LogP contribution in [0.1, 0.15) is 0 Å². The number of benzene rings is 5. The van der Waals surface area contributed by atoms with Gasteiger partial charge in [-0.25, -0.2) is 4.68 Å². The monoisotopic (exact) mass is 519 g/mol. The molecule has 1 aromatic heterocycles. The molecule has 0 saturated heterocycles. The van der Waals surface area contributed by atoms with Crippen molar-refractivity contribution in [2.24, 2.45) is 0 Å². The predicted molar refractivity (Wildman–Crippen MR) is 166 cm³/mol. The zero-order valence-electron chi connectivity index (χ0n) is 22.1. The molecular weight excluding hydrogens is 490 g/mol. The standard InChI is InChI=1S/C35H29N3Si/c1-39(2)31-24-14-12-22-29(31)37(30-23-13-15-25-32(30)39)35-33(26-16-6-3-7-17-26)36-38(28-20-10-5-11-21-28)34(35)27-18-8-4-9-19-27/h3-25H,1-2H3. The van der Waals surface area contributed by atoms with Gasteiger partial charge in [-0.1, -0.05) is 128 Å². The van der Waals surface area contributed by atoms with Gasteiger partial charge in [0.15, 0.2) is 0 Å². The highest BCUT2D eigenvalue weighted by Crippen LogP contribution is 2.48. The molecule has 5 aromatic carbocycles. The number of aromatic nitrogens is 2. The minimum atomic E-state index is -1.93. The van der Waals surface area contributed by atoms with E-state index in [-0.39, 0.29) is 0 Å². The number of hydrogen-bond donors (Lipinski definition) is 0. The van der Waals surface area contributed by atoms with Gasteiger partial charge < -0.3 is 4.90 Å². The Bertz CT molecular complexity index is 1720. The van der Waals surface area contributed by atoms with Crippen molar-refractivity contribution in [1.29, 1.82) is 0 Å². The second-order valence-corrected chi connectivity index (χ2v) is 14.8. The minimum absolute atomic E-state index is 0.962. The molecule has 0 atom stereocenters. The number of nitrogens with zero attached hydrogens (tertiary/aromatic N) is 3. The summed E-state index contributed by atoms with van der Waals surface area (Å²) in [6.45, 7) is 4.93. The maximum atomic E-state index is 5.37. The Kier molecular flexibility index (Phi) is 5.57. The van der Waals surface area contributed by atoms with Gasteiger partial charge in [0.05, 0.1) is 11.4 Å². The molecule has 0 unspecified atom stereocenters. The van der Waals surface area contributed by atoms with Crippen LogP contribution in [-0.4, -0.2) is 17.9 Å². The molecule has 0 fully saturated rings. The highest BCUT2D eigenvalue weighted by molar-refractivity contribution is 7.02. The van der Waals surface area contributed by atoms with E-state index in [0.717, 1.165) is 33.9 Å².